The molecule has 1 rings (SSSR count). The average molecular weight is 131 g/mol. The summed E-state index contributed by atoms with van der Waals surface area (Å²) in [5, 5.41) is 5.31. The van der Waals surface area contributed by atoms with E-state index in [-0.39, 0.29) is 6.41 Å². The van der Waals surface area contributed by atoms with Gasteiger partial charge in [0.15, 0.2) is 0 Å². The van der Waals surface area contributed by atoms with Gasteiger partial charge in [0.05, 0.1) is 6.20 Å². The molecule has 1 amide bonds. The summed E-state index contributed by atoms with van der Waals surface area (Å²) in [4.78, 5) is 8.58. The second-order valence-corrected chi connectivity index (χ2v) is 1.37. The summed E-state index contributed by atoms with van der Waals surface area (Å²) in [6.45, 7) is 0. The van der Waals surface area contributed by atoms with Crippen LogP contribution in [0.15, 0.2) is 11.6 Å². The van der Waals surface area contributed by atoms with Crippen molar-refractivity contribution in [3.8, 4) is 0 Å². The van der Waals surface area contributed by atoms with Crippen molar-refractivity contribution in [2.75, 3.05) is 0 Å². The van der Waals surface area contributed by atoms with Crippen molar-refractivity contribution in [2.24, 2.45) is 5.73 Å². The van der Waals surface area contributed by atoms with Gasteiger partial charge in [0.1, 0.15) is 0 Å². The molecule has 0 aliphatic carbocycles. The topological polar surface area (TPSA) is 68.9 Å². The monoisotopic (exact) mass is 131 g/mol. The summed E-state index contributed by atoms with van der Waals surface area (Å²) in [6, 6.07) is 0. The first kappa shape index (κ1) is 7.03. The first-order valence-electron chi connectivity index (χ1n) is 1.78. The third-order valence-electron chi connectivity index (χ3n) is 0.283. The number of carbonyl (C=O) groups excluding carboxylic acids is 1. The van der Waals surface area contributed by atoms with E-state index in [1.165, 1.54) is 11.5 Å². The van der Waals surface area contributed by atoms with Crippen molar-refractivity contribution >= 4 is 17.9 Å². The zero-order chi connectivity index (χ0) is 6.24. The van der Waals surface area contributed by atoms with Gasteiger partial charge in [0, 0.05) is 5.38 Å². The molecule has 0 fully saturated rings. The second-order valence-electron chi connectivity index (χ2n) is 0.724. The molecule has 5 heteroatoms. The van der Waals surface area contributed by atoms with Crippen molar-refractivity contribution in [3.05, 3.63) is 11.6 Å². The second kappa shape index (κ2) is 6.03. The highest BCUT2D eigenvalue weighted by atomic mass is 32.1. The summed E-state index contributed by atoms with van der Waals surface area (Å²) >= 11 is 1.35. The summed E-state index contributed by atoms with van der Waals surface area (Å²) < 4.78 is 3.51. The smallest absolute Gasteiger partial charge is 0.204 e. The molecule has 0 saturated heterocycles. The van der Waals surface area contributed by atoms with Gasteiger partial charge in [-0.2, -0.15) is 0 Å². The molecule has 0 unspecified atom stereocenters. The van der Waals surface area contributed by atoms with Gasteiger partial charge < -0.3 is 5.73 Å². The molecule has 0 aliphatic rings. The minimum Gasteiger partial charge on any atom is -0.372 e. The van der Waals surface area contributed by atoms with Crippen LogP contribution in [0.3, 0.4) is 0 Å². The van der Waals surface area contributed by atoms with E-state index >= 15 is 0 Å². The van der Waals surface area contributed by atoms with Gasteiger partial charge in [0.25, 0.3) is 0 Å². The number of hydrogen-bond acceptors (Lipinski definition) is 4. The Morgan fingerprint density at radius 1 is 1.75 bits per heavy atom. The van der Waals surface area contributed by atoms with Crippen LogP contribution in [0.1, 0.15) is 0 Å². The van der Waals surface area contributed by atoms with Crippen LogP contribution in [0.5, 0.6) is 0 Å². The van der Waals surface area contributed by atoms with Gasteiger partial charge in [-0.05, 0) is 11.5 Å². The Morgan fingerprint density at radius 3 is 2.50 bits per heavy atom. The zero-order valence-corrected chi connectivity index (χ0v) is 4.84. The third-order valence-corrected chi connectivity index (χ3v) is 0.715. The summed E-state index contributed by atoms with van der Waals surface area (Å²) in [7, 11) is 0. The third kappa shape index (κ3) is 5.03. The molecule has 1 aromatic rings. The van der Waals surface area contributed by atoms with Gasteiger partial charge in [0.2, 0.25) is 6.41 Å². The van der Waals surface area contributed by atoms with E-state index in [9.17, 15) is 0 Å². The molecule has 1 heterocycles. The van der Waals surface area contributed by atoms with Crippen LogP contribution in [-0.2, 0) is 4.79 Å². The van der Waals surface area contributed by atoms with Gasteiger partial charge in [-0.15, -0.1) is 5.10 Å². The van der Waals surface area contributed by atoms with Crippen LogP contribution in [0.4, 0.5) is 0 Å². The molecule has 8 heavy (non-hydrogen) atoms. The Bertz CT molecular complexity index is 101. The molecule has 0 aliphatic heterocycles. The standard InChI is InChI=1S/C2H2N2S.CH3NO/c1-2-5-4-3-1;2-1-3/h1-2H;1H,(H2,2,3). The van der Waals surface area contributed by atoms with Crippen LogP contribution in [0.2, 0.25) is 0 Å². The molecule has 0 bridgehead atoms. The predicted molar refractivity (Wildman–Crippen MR) is 30.2 cm³/mol. The average Bonchev–Trinajstić information content (AvgIpc) is 2.17. The molecule has 0 radical (unpaired) electrons. The molecule has 2 N–H and O–H groups in total. The van der Waals surface area contributed by atoms with Crippen LogP contribution in [0.25, 0.3) is 0 Å². The molecule has 4 nitrogen and oxygen atoms in total. The minimum absolute atomic E-state index is 0.250. The first-order valence-corrected chi connectivity index (χ1v) is 2.62. The van der Waals surface area contributed by atoms with E-state index in [1.807, 2.05) is 5.38 Å². The Labute approximate surface area is 50.5 Å². The van der Waals surface area contributed by atoms with Crippen LogP contribution < -0.4 is 5.73 Å². The molecule has 0 aromatic carbocycles. The lowest BCUT2D eigenvalue weighted by molar-refractivity contribution is -0.106. The summed E-state index contributed by atoms with van der Waals surface area (Å²) in [5.74, 6) is 0. The van der Waals surface area contributed by atoms with Gasteiger partial charge in [-0.1, -0.05) is 4.49 Å². The summed E-state index contributed by atoms with van der Waals surface area (Å²) in [6.07, 6.45) is 1.91. The van der Waals surface area contributed by atoms with E-state index in [0.29, 0.717) is 0 Å². The van der Waals surface area contributed by atoms with Crippen molar-refractivity contribution in [2.45, 2.75) is 0 Å². The van der Waals surface area contributed by atoms with Crippen molar-refractivity contribution in [1.82, 2.24) is 9.59 Å². The first-order chi connectivity index (χ1) is 3.91. The lowest BCUT2D eigenvalue weighted by Crippen LogP contribution is -1.82. The highest BCUT2D eigenvalue weighted by Crippen LogP contribution is 1.78. The van der Waals surface area contributed by atoms with Gasteiger partial charge in [-0.3, -0.25) is 4.79 Å². The van der Waals surface area contributed by atoms with Crippen molar-refractivity contribution in [3.63, 3.8) is 0 Å². The Kier molecular flexibility index (Phi) is 5.30. The molecular weight excluding hydrogens is 126 g/mol. The quantitative estimate of drug-likeness (QED) is 0.489. The van der Waals surface area contributed by atoms with E-state index < -0.39 is 0 Å². The largest absolute Gasteiger partial charge is 0.372 e. The van der Waals surface area contributed by atoms with Gasteiger partial charge in [-0.25, -0.2) is 0 Å². The fourth-order valence-electron chi connectivity index (χ4n) is 0.136. The maximum atomic E-state index is 8.58. The maximum Gasteiger partial charge on any atom is 0.204 e. The predicted octanol–water partition coefficient (Wildman–Crippen LogP) is -0.360. The number of rotatable bonds is 0. The fourth-order valence-corrected chi connectivity index (χ4v) is 0.408. The molecule has 0 atom stereocenters. The van der Waals surface area contributed by atoms with Crippen molar-refractivity contribution < 1.29 is 4.79 Å². The zero-order valence-electron chi connectivity index (χ0n) is 4.02. The fraction of sp³-hybridized carbons (Fsp3) is 0. The molecule has 0 spiro atoms. The SMILES string of the molecule is NC=O.c1csnn1. The number of amides is 1. The lowest BCUT2D eigenvalue weighted by Gasteiger charge is -1.40. The minimum atomic E-state index is 0.250. The normalized spacial score (nSPS) is 6.50. The van der Waals surface area contributed by atoms with E-state index in [4.69, 9.17) is 4.79 Å². The lowest BCUT2D eigenvalue weighted by atomic mass is 11.1. The number of nitrogens with zero attached hydrogens (tertiary/aromatic N) is 2. The number of aromatic nitrogens is 2. The number of primary amides is 1. The Hall–Kier alpha value is -0.970. The maximum absolute atomic E-state index is 8.58. The molecule has 44 valence electrons. The Balaban J connectivity index is 0.000000145. The number of hydrogen-bond donors (Lipinski definition) is 1. The van der Waals surface area contributed by atoms with Gasteiger partial charge >= 0.3 is 0 Å². The highest BCUT2D eigenvalue weighted by molar-refractivity contribution is 7.03. The Morgan fingerprint density at radius 2 is 2.38 bits per heavy atom. The highest BCUT2D eigenvalue weighted by Gasteiger charge is 1.61. The molecular formula is C3H5N3OS. The number of carbonyl (C=O) groups is 1. The number of nitrogens with two attached hydrogens (primary N) is 1. The van der Waals surface area contributed by atoms with Crippen LogP contribution in [-0.4, -0.2) is 16.0 Å². The van der Waals surface area contributed by atoms with Crippen LogP contribution >= 0.6 is 11.5 Å². The van der Waals surface area contributed by atoms with E-state index in [2.05, 4.69) is 15.3 Å². The molecule has 0 saturated carbocycles. The van der Waals surface area contributed by atoms with Crippen LogP contribution in [0, 0.1) is 0 Å². The summed E-state index contributed by atoms with van der Waals surface area (Å²) in [5.41, 5.74) is 4.17. The van der Waals surface area contributed by atoms with E-state index in [0.717, 1.165) is 0 Å². The molecule has 1 aromatic heterocycles. The van der Waals surface area contributed by atoms with E-state index in [1.54, 1.807) is 6.20 Å². The van der Waals surface area contributed by atoms with Crippen molar-refractivity contribution in [1.29, 1.82) is 0 Å².